The molecule has 0 saturated heterocycles. The zero-order valence-electron chi connectivity index (χ0n) is 36.2. The maximum absolute atomic E-state index is 2.38. The molecule has 310 valence electrons. The van der Waals surface area contributed by atoms with Crippen molar-refractivity contribution in [3.8, 4) is 66.8 Å². The number of benzene rings is 11. The van der Waals surface area contributed by atoms with Crippen molar-refractivity contribution in [1.29, 1.82) is 0 Å². The molecule has 1 nitrogen and oxygen atoms in total. The molecular weight excluding hydrogens is 815 g/mol. The van der Waals surface area contributed by atoms with E-state index in [2.05, 4.69) is 266 Å². The summed E-state index contributed by atoms with van der Waals surface area (Å²) < 4.78 is 2.63. The Morgan fingerprint density at radius 3 is 1.36 bits per heavy atom. The van der Waals surface area contributed by atoms with Crippen LogP contribution in [0.25, 0.3) is 97.7 Å². The van der Waals surface area contributed by atoms with E-state index in [4.69, 9.17) is 0 Å². The van der Waals surface area contributed by atoms with Crippen molar-refractivity contribution in [2.24, 2.45) is 0 Å². The molecule has 12 aromatic rings. The highest BCUT2D eigenvalue weighted by molar-refractivity contribution is 7.25. The molecule has 0 N–H and O–H groups in total. The van der Waals surface area contributed by atoms with E-state index in [9.17, 15) is 0 Å². The highest BCUT2D eigenvalue weighted by Gasteiger charge is 2.17. The Morgan fingerprint density at radius 1 is 0.242 bits per heavy atom. The van der Waals surface area contributed by atoms with Gasteiger partial charge in [-0.15, -0.1) is 11.3 Å². The first kappa shape index (κ1) is 39.3. The molecule has 11 aromatic carbocycles. The van der Waals surface area contributed by atoms with Crippen LogP contribution in [-0.4, -0.2) is 0 Å². The summed E-state index contributed by atoms with van der Waals surface area (Å²) in [5.74, 6) is 0. The lowest BCUT2D eigenvalue weighted by molar-refractivity contribution is 1.28. The van der Waals surface area contributed by atoms with Crippen LogP contribution < -0.4 is 4.90 Å². The first-order valence-corrected chi connectivity index (χ1v) is 23.4. The van der Waals surface area contributed by atoms with E-state index in [0.29, 0.717) is 0 Å². The summed E-state index contributed by atoms with van der Waals surface area (Å²) in [7, 11) is 0. The van der Waals surface area contributed by atoms with E-state index < -0.39 is 0 Å². The van der Waals surface area contributed by atoms with Crippen LogP contribution in [0, 0.1) is 0 Å². The molecule has 12 rings (SSSR count). The minimum atomic E-state index is 1.09. The molecule has 0 bridgehead atoms. The number of fused-ring (bicyclic) bond motifs is 4. The first-order valence-electron chi connectivity index (χ1n) is 22.6. The van der Waals surface area contributed by atoms with Gasteiger partial charge in [0.05, 0.1) is 0 Å². The fourth-order valence-electron chi connectivity index (χ4n) is 9.49. The Kier molecular flexibility index (Phi) is 10.1. The van der Waals surface area contributed by atoms with Crippen LogP contribution in [0.2, 0.25) is 0 Å². The molecule has 0 aliphatic rings. The summed E-state index contributed by atoms with van der Waals surface area (Å²) in [6.07, 6.45) is 0. The molecule has 0 unspecified atom stereocenters. The second-order valence-electron chi connectivity index (χ2n) is 16.9. The topological polar surface area (TPSA) is 3.24 Å². The van der Waals surface area contributed by atoms with Crippen molar-refractivity contribution in [3.63, 3.8) is 0 Å². The fraction of sp³-hybridized carbons (Fsp3) is 0. The predicted molar refractivity (Wildman–Crippen MR) is 284 cm³/mol. The van der Waals surface area contributed by atoms with Gasteiger partial charge in [0.1, 0.15) is 0 Å². The van der Waals surface area contributed by atoms with E-state index in [-0.39, 0.29) is 0 Å². The molecule has 66 heavy (non-hydrogen) atoms. The Balaban J connectivity index is 0.881. The van der Waals surface area contributed by atoms with Gasteiger partial charge < -0.3 is 4.90 Å². The van der Waals surface area contributed by atoms with Gasteiger partial charge in [0, 0.05) is 37.2 Å². The molecule has 0 spiro atoms. The second kappa shape index (κ2) is 17.0. The van der Waals surface area contributed by atoms with Crippen LogP contribution in [-0.2, 0) is 0 Å². The summed E-state index contributed by atoms with van der Waals surface area (Å²) >= 11 is 1.86. The highest BCUT2D eigenvalue weighted by Crippen LogP contribution is 2.43. The zero-order chi connectivity index (χ0) is 43.8. The second-order valence-corrected chi connectivity index (χ2v) is 18.0. The van der Waals surface area contributed by atoms with E-state index in [0.717, 1.165) is 17.1 Å². The third-order valence-corrected chi connectivity index (χ3v) is 14.0. The van der Waals surface area contributed by atoms with E-state index in [1.165, 1.54) is 97.7 Å². The number of hydrogen-bond donors (Lipinski definition) is 0. The number of nitrogens with zero attached hydrogens (tertiary/aromatic N) is 1. The molecule has 0 amide bonds. The molecule has 0 fully saturated rings. The van der Waals surface area contributed by atoms with E-state index in [1.807, 2.05) is 11.3 Å². The molecule has 0 radical (unpaired) electrons. The molecule has 1 aromatic heterocycles. The van der Waals surface area contributed by atoms with Crippen LogP contribution in [0.3, 0.4) is 0 Å². The number of anilines is 3. The maximum atomic E-state index is 2.38. The average Bonchev–Trinajstić information content (AvgIpc) is 3.79. The normalized spacial score (nSPS) is 11.3. The van der Waals surface area contributed by atoms with Crippen molar-refractivity contribution in [2.75, 3.05) is 4.90 Å². The SMILES string of the molecule is c1ccc(-c2cccc(-c3cccc(N(c4ccc(-c5ccc(-c6cccc(-c7ccc8ccccc8c7)c6)cc5)cc4)c4ccc(-c5cccc6sc7ccccc7c56)cc4)c3)c2)cc1. The van der Waals surface area contributed by atoms with Gasteiger partial charge in [-0.05, 0) is 144 Å². The molecular formula is C64H43NS. The molecule has 0 aliphatic carbocycles. The summed E-state index contributed by atoms with van der Waals surface area (Å²) in [6, 6.07) is 95.1. The average molecular weight is 858 g/mol. The van der Waals surface area contributed by atoms with Gasteiger partial charge in [-0.1, -0.05) is 194 Å². The molecule has 2 heteroatoms. The molecule has 0 saturated carbocycles. The van der Waals surface area contributed by atoms with Gasteiger partial charge >= 0.3 is 0 Å². The highest BCUT2D eigenvalue weighted by atomic mass is 32.1. The Labute approximate surface area is 389 Å². The predicted octanol–water partition coefficient (Wildman–Crippen LogP) is 18.7. The van der Waals surface area contributed by atoms with Crippen molar-refractivity contribution in [1.82, 2.24) is 0 Å². The van der Waals surface area contributed by atoms with Crippen molar-refractivity contribution < 1.29 is 0 Å². The Bertz CT molecular complexity index is 3680. The van der Waals surface area contributed by atoms with Gasteiger partial charge in [-0.25, -0.2) is 0 Å². The van der Waals surface area contributed by atoms with Crippen LogP contribution in [0.15, 0.2) is 261 Å². The summed E-state index contributed by atoms with van der Waals surface area (Å²) in [5, 5.41) is 5.15. The van der Waals surface area contributed by atoms with Gasteiger partial charge in [-0.3, -0.25) is 0 Å². The molecule has 0 atom stereocenters. The van der Waals surface area contributed by atoms with Crippen molar-refractivity contribution in [3.05, 3.63) is 261 Å². The van der Waals surface area contributed by atoms with Crippen molar-refractivity contribution in [2.45, 2.75) is 0 Å². The maximum Gasteiger partial charge on any atom is 0.0467 e. The lowest BCUT2D eigenvalue weighted by Crippen LogP contribution is -2.10. The van der Waals surface area contributed by atoms with Crippen LogP contribution in [0.4, 0.5) is 17.1 Å². The van der Waals surface area contributed by atoms with Gasteiger partial charge in [0.15, 0.2) is 0 Å². The van der Waals surface area contributed by atoms with Gasteiger partial charge in [-0.2, -0.15) is 0 Å². The van der Waals surface area contributed by atoms with Crippen LogP contribution >= 0.6 is 11.3 Å². The van der Waals surface area contributed by atoms with E-state index in [1.54, 1.807) is 0 Å². The first-order chi connectivity index (χ1) is 32.7. The number of rotatable bonds is 9. The summed E-state index contributed by atoms with van der Waals surface area (Å²) in [6.45, 7) is 0. The standard InChI is InChI=1S/C64H43NS/c1-2-12-44(13-3-1)51-16-8-18-53(40-51)55-20-10-21-59(43-55)65(58-38-34-49(35-39-58)60-23-11-25-63-64(60)61-22-6-7-24-62(61)66-63)57-36-32-47(33-37-57)46-26-28-48(29-27-46)52-17-9-19-54(41-52)56-31-30-45-14-4-5-15-50(45)42-56/h1-43H. The lowest BCUT2D eigenvalue weighted by atomic mass is 9.96. The van der Waals surface area contributed by atoms with Gasteiger partial charge in [0.25, 0.3) is 0 Å². The van der Waals surface area contributed by atoms with Gasteiger partial charge in [0.2, 0.25) is 0 Å². The quantitative estimate of drug-likeness (QED) is 0.140. The Hall–Kier alpha value is -8.30. The lowest BCUT2D eigenvalue weighted by Gasteiger charge is -2.26. The third-order valence-electron chi connectivity index (χ3n) is 12.9. The summed E-state index contributed by atoms with van der Waals surface area (Å²) in [5.41, 5.74) is 17.7. The third kappa shape index (κ3) is 7.54. The number of hydrogen-bond acceptors (Lipinski definition) is 2. The van der Waals surface area contributed by atoms with Crippen LogP contribution in [0.5, 0.6) is 0 Å². The number of thiophene rings is 1. The summed E-state index contributed by atoms with van der Waals surface area (Å²) in [4.78, 5) is 2.38. The van der Waals surface area contributed by atoms with E-state index >= 15 is 0 Å². The van der Waals surface area contributed by atoms with Crippen LogP contribution in [0.1, 0.15) is 0 Å². The minimum Gasteiger partial charge on any atom is -0.310 e. The smallest absolute Gasteiger partial charge is 0.0467 e. The largest absolute Gasteiger partial charge is 0.310 e. The minimum absolute atomic E-state index is 1.09. The zero-order valence-corrected chi connectivity index (χ0v) is 37.0. The monoisotopic (exact) mass is 857 g/mol. The van der Waals surface area contributed by atoms with Crippen molar-refractivity contribution >= 4 is 59.3 Å². The fourth-order valence-corrected chi connectivity index (χ4v) is 10.6. The molecule has 1 heterocycles. The Morgan fingerprint density at radius 2 is 0.682 bits per heavy atom. The molecule has 0 aliphatic heterocycles.